The van der Waals surface area contributed by atoms with Crippen molar-refractivity contribution in [1.29, 1.82) is 0 Å². The number of hydrazine groups is 1. The molecule has 1 unspecified atom stereocenters. The highest BCUT2D eigenvalue weighted by Gasteiger charge is 2.24. The highest BCUT2D eigenvalue weighted by atomic mass is 32.2. The maximum atomic E-state index is 14.0. The van der Waals surface area contributed by atoms with Gasteiger partial charge in [-0.05, 0) is 61.7 Å². The summed E-state index contributed by atoms with van der Waals surface area (Å²) >= 11 is 1.52. The van der Waals surface area contributed by atoms with E-state index in [9.17, 15) is 13.6 Å². The van der Waals surface area contributed by atoms with Gasteiger partial charge in [0.1, 0.15) is 0 Å². The van der Waals surface area contributed by atoms with Crippen LogP contribution in [0.4, 0.5) is 14.5 Å². The van der Waals surface area contributed by atoms with Crippen molar-refractivity contribution in [2.45, 2.75) is 35.2 Å². The second kappa shape index (κ2) is 9.05. The predicted molar refractivity (Wildman–Crippen MR) is 125 cm³/mol. The first-order valence-corrected chi connectivity index (χ1v) is 11.6. The van der Waals surface area contributed by atoms with Crippen molar-refractivity contribution in [3.8, 4) is 0 Å². The van der Waals surface area contributed by atoms with Crippen LogP contribution in [0.25, 0.3) is 0 Å². The number of fused-ring (bicyclic) bond motifs is 2. The van der Waals surface area contributed by atoms with Crippen molar-refractivity contribution in [3.63, 3.8) is 0 Å². The van der Waals surface area contributed by atoms with Gasteiger partial charge in [-0.15, -0.1) is 0 Å². The lowest BCUT2D eigenvalue weighted by atomic mass is 10.0. The molecule has 33 heavy (non-hydrogen) atoms. The Morgan fingerprint density at radius 3 is 2.70 bits per heavy atom. The summed E-state index contributed by atoms with van der Waals surface area (Å²) in [5.74, 6) is 3.96. The Bertz CT molecular complexity index is 1260. The quantitative estimate of drug-likeness (QED) is 0.418. The molecule has 0 spiro atoms. The molecule has 0 bridgehead atoms. The third kappa shape index (κ3) is 4.42. The number of hydrogen-bond donors (Lipinski definition) is 2. The molecule has 2 heterocycles. The van der Waals surface area contributed by atoms with Crippen LogP contribution in [0.3, 0.4) is 0 Å². The Morgan fingerprint density at radius 1 is 1.03 bits per heavy atom. The standard InChI is InChI=1S/C25H22F2N4OS/c26-18-10-8-15(13-19(18)27)24-17-5-1-2-6-21(17)33-22-11-9-16(14-20(22)29-24)25(32)30-23-7-3-4-12-31(23)28/h1-2,5-6,8-11,13-14,23H,3-4,7,12,28H2,(H,30,32). The topological polar surface area (TPSA) is 70.7 Å². The zero-order valence-electron chi connectivity index (χ0n) is 17.7. The number of carbonyl (C=O) groups is 1. The van der Waals surface area contributed by atoms with Crippen LogP contribution in [-0.4, -0.2) is 29.3 Å². The number of aliphatic imine (C=N–C) groups is 1. The van der Waals surface area contributed by atoms with E-state index in [4.69, 9.17) is 10.8 Å². The van der Waals surface area contributed by atoms with Crippen molar-refractivity contribution in [2.75, 3.05) is 6.54 Å². The van der Waals surface area contributed by atoms with Gasteiger partial charge in [-0.3, -0.25) is 10.6 Å². The fraction of sp³-hybridized carbons (Fsp3) is 0.200. The number of rotatable bonds is 3. The lowest BCUT2D eigenvalue weighted by Gasteiger charge is -2.32. The van der Waals surface area contributed by atoms with Gasteiger partial charge in [0.05, 0.1) is 17.6 Å². The molecule has 2 aliphatic heterocycles. The molecule has 0 aliphatic carbocycles. The molecule has 8 heteroatoms. The van der Waals surface area contributed by atoms with Crippen LogP contribution in [0.2, 0.25) is 0 Å². The van der Waals surface area contributed by atoms with Crippen LogP contribution in [0, 0.1) is 11.6 Å². The fourth-order valence-corrected chi connectivity index (χ4v) is 5.09. The minimum atomic E-state index is -0.934. The summed E-state index contributed by atoms with van der Waals surface area (Å²) in [4.78, 5) is 19.6. The van der Waals surface area contributed by atoms with E-state index in [0.29, 0.717) is 22.5 Å². The second-order valence-electron chi connectivity index (χ2n) is 8.09. The molecule has 0 aromatic heterocycles. The monoisotopic (exact) mass is 464 g/mol. The number of hydrogen-bond acceptors (Lipinski definition) is 5. The molecule has 1 amide bonds. The van der Waals surface area contributed by atoms with Gasteiger partial charge >= 0.3 is 0 Å². The molecule has 1 atom stereocenters. The first-order valence-electron chi connectivity index (χ1n) is 10.8. The van der Waals surface area contributed by atoms with Gasteiger partial charge in [0.2, 0.25) is 0 Å². The van der Waals surface area contributed by atoms with E-state index in [-0.39, 0.29) is 12.1 Å². The minimum Gasteiger partial charge on any atom is -0.335 e. The summed E-state index contributed by atoms with van der Waals surface area (Å²) in [6, 6.07) is 16.8. The summed E-state index contributed by atoms with van der Waals surface area (Å²) in [5.41, 5.74) is 2.86. The highest BCUT2D eigenvalue weighted by molar-refractivity contribution is 7.99. The zero-order valence-corrected chi connectivity index (χ0v) is 18.5. The molecule has 0 radical (unpaired) electrons. The van der Waals surface area contributed by atoms with E-state index >= 15 is 0 Å². The molecular weight excluding hydrogens is 442 g/mol. The number of benzene rings is 3. The van der Waals surface area contributed by atoms with Crippen LogP contribution >= 0.6 is 11.8 Å². The molecule has 1 fully saturated rings. The van der Waals surface area contributed by atoms with E-state index in [1.165, 1.54) is 17.8 Å². The lowest BCUT2D eigenvalue weighted by Crippen LogP contribution is -2.53. The average molecular weight is 465 g/mol. The molecule has 3 aromatic carbocycles. The third-order valence-corrected chi connectivity index (χ3v) is 6.99. The van der Waals surface area contributed by atoms with E-state index < -0.39 is 11.6 Å². The van der Waals surface area contributed by atoms with Crippen LogP contribution in [0.15, 0.2) is 75.4 Å². The van der Waals surface area contributed by atoms with E-state index in [1.54, 1.807) is 17.1 Å². The maximum absolute atomic E-state index is 14.0. The number of nitrogens with one attached hydrogen (secondary N) is 1. The fourth-order valence-electron chi connectivity index (χ4n) is 4.09. The Hall–Kier alpha value is -3.07. The number of nitrogens with zero attached hydrogens (tertiary/aromatic N) is 2. The van der Waals surface area contributed by atoms with Crippen LogP contribution < -0.4 is 11.2 Å². The van der Waals surface area contributed by atoms with Crippen LogP contribution in [-0.2, 0) is 0 Å². The van der Waals surface area contributed by atoms with Crippen molar-refractivity contribution in [1.82, 2.24) is 10.3 Å². The van der Waals surface area contributed by atoms with Crippen LogP contribution in [0.1, 0.15) is 40.7 Å². The van der Waals surface area contributed by atoms with Crippen LogP contribution in [0.5, 0.6) is 0 Å². The highest BCUT2D eigenvalue weighted by Crippen LogP contribution is 2.41. The van der Waals surface area contributed by atoms with Gasteiger partial charge in [0, 0.05) is 33.0 Å². The SMILES string of the molecule is NN1CCCCC1NC(=O)c1ccc2c(c1)N=C(c1ccc(F)c(F)c1)c1ccccc1S2. The minimum absolute atomic E-state index is 0.204. The number of amides is 1. The smallest absolute Gasteiger partial charge is 0.252 e. The molecule has 2 aliphatic rings. The first kappa shape index (κ1) is 21.8. The summed E-state index contributed by atoms with van der Waals surface area (Å²) in [6.07, 6.45) is 2.63. The average Bonchev–Trinajstić information content (AvgIpc) is 2.98. The Kier molecular flexibility index (Phi) is 5.97. The molecule has 3 N–H and O–H groups in total. The summed E-state index contributed by atoms with van der Waals surface area (Å²) < 4.78 is 27.6. The Labute approximate surface area is 194 Å². The van der Waals surface area contributed by atoms with Gasteiger partial charge in [-0.25, -0.2) is 18.8 Å². The van der Waals surface area contributed by atoms with E-state index in [0.717, 1.165) is 53.3 Å². The van der Waals surface area contributed by atoms with Gasteiger partial charge < -0.3 is 5.32 Å². The zero-order chi connectivity index (χ0) is 22.9. The number of halogens is 2. The normalized spacial score (nSPS) is 18.0. The molecule has 5 rings (SSSR count). The lowest BCUT2D eigenvalue weighted by molar-refractivity contribution is 0.0775. The van der Waals surface area contributed by atoms with Gasteiger partial charge in [0.25, 0.3) is 5.91 Å². The first-order chi connectivity index (χ1) is 16.0. The van der Waals surface area contributed by atoms with Gasteiger partial charge in [0.15, 0.2) is 11.6 Å². The van der Waals surface area contributed by atoms with E-state index in [2.05, 4.69) is 5.32 Å². The second-order valence-corrected chi connectivity index (χ2v) is 9.18. The molecular formula is C25H22F2N4OS. The van der Waals surface area contributed by atoms with Crippen molar-refractivity contribution >= 4 is 29.1 Å². The summed E-state index contributed by atoms with van der Waals surface area (Å²) in [6.45, 7) is 0.742. The molecule has 1 saturated heterocycles. The number of piperidine rings is 1. The van der Waals surface area contributed by atoms with Gasteiger partial charge in [-0.2, -0.15) is 0 Å². The number of nitrogens with two attached hydrogens (primary N) is 1. The molecule has 0 saturated carbocycles. The van der Waals surface area contributed by atoms with Crippen molar-refractivity contribution in [2.24, 2.45) is 10.8 Å². The van der Waals surface area contributed by atoms with Crippen molar-refractivity contribution in [3.05, 3.63) is 89.0 Å². The Balaban J connectivity index is 1.54. The Morgan fingerprint density at radius 2 is 1.88 bits per heavy atom. The van der Waals surface area contributed by atoms with E-state index in [1.807, 2.05) is 30.3 Å². The van der Waals surface area contributed by atoms with Crippen molar-refractivity contribution < 1.29 is 13.6 Å². The molecule has 3 aromatic rings. The third-order valence-electron chi connectivity index (χ3n) is 5.85. The predicted octanol–water partition coefficient (Wildman–Crippen LogP) is 5.01. The summed E-state index contributed by atoms with van der Waals surface area (Å²) in [5, 5.41) is 4.66. The largest absolute Gasteiger partial charge is 0.335 e. The molecule has 5 nitrogen and oxygen atoms in total. The number of carbonyl (C=O) groups excluding carboxylic acids is 1. The maximum Gasteiger partial charge on any atom is 0.252 e. The van der Waals surface area contributed by atoms with Gasteiger partial charge in [-0.1, -0.05) is 30.0 Å². The molecule has 168 valence electrons. The summed E-state index contributed by atoms with van der Waals surface area (Å²) in [7, 11) is 0.